The molecule has 1 N–H and O–H groups in total. The van der Waals surface area contributed by atoms with Crippen molar-refractivity contribution < 1.29 is 0 Å². The SMILES string of the molecule is c1ccc2c(c1)nc1n2CCCNCC1. The molecule has 3 heteroatoms. The summed E-state index contributed by atoms with van der Waals surface area (Å²) in [6.45, 7) is 3.25. The molecule has 15 heavy (non-hydrogen) atoms. The number of rotatable bonds is 0. The van der Waals surface area contributed by atoms with Crippen molar-refractivity contribution >= 4 is 11.0 Å². The highest BCUT2D eigenvalue weighted by Crippen LogP contribution is 2.17. The smallest absolute Gasteiger partial charge is 0.111 e. The maximum Gasteiger partial charge on any atom is 0.111 e. The lowest BCUT2D eigenvalue weighted by atomic mass is 10.3. The summed E-state index contributed by atoms with van der Waals surface area (Å²) in [6.07, 6.45) is 2.22. The van der Waals surface area contributed by atoms with Crippen LogP contribution in [0.5, 0.6) is 0 Å². The van der Waals surface area contributed by atoms with Gasteiger partial charge in [-0.2, -0.15) is 0 Å². The van der Waals surface area contributed by atoms with Gasteiger partial charge in [0, 0.05) is 19.5 Å². The fraction of sp³-hybridized carbons (Fsp3) is 0.417. The van der Waals surface area contributed by atoms with Crippen LogP contribution < -0.4 is 5.32 Å². The van der Waals surface area contributed by atoms with E-state index < -0.39 is 0 Å². The summed E-state index contributed by atoms with van der Waals surface area (Å²) in [5.74, 6) is 1.23. The van der Waals surface area contributed by atoms with Crippen molar-refractivity contribution in [1.29, 1.82) is 0 Å². The number of hydrogen-bond acceptors (Lipinski definition) is 2. The van der Waals surface area contributed by atoms with Crippen LogP contribution in [0, 0.1) is 0 Å². The molecule has 0 spiro atoms. The standard InChI is InChI=1S/C12H15N3/c1-2-5-11-10(4-1)14-12-6-8-13-7-3-9-15(11)12/h1-2,4-5,13H,3,6-9H2. The average Bonchev–Trinajstić information content (AvgIpc) is 2.55. The van der Waals surface area contributed by atoms with Crippen molar-refractivity contribution in [2.24, 2.45) is 0 Å². The topological polar surface area (TPSA) is 29.9 Å². The van der Waals surface area contributed by atoms with Gasteiger partial charge in [0.15, 0.2) is 0 Å². The van der Waals surface area contributed by atoms with Crippen LogP contribution in [0.3, 0.4) is 0 Å². The highest BCUT2D eigenvalue weighted by Gasteiger charge is 2.11. The first-order valence-electron chi connectivity index (χ1n) is 5.60. The number of aryl methyl sites for hydroxylation is 1. The van der Waals surface area contributed by atoms with E-state index in [1.165, 1.54) is 17.8 Å². The van der Waals surface area contributed by atoms with Crippen molar-refractivity contribution in [3.8, 4) is 0 Å². The van der Waals surface area contributed by atoms with E-state index in [0.29, 0.717) is 0 Å². The molecule has 3 nitrogen and oxygen atoms in total. The maximum atomic E-state index is 4.68. The normalized spacial score (nSPS) is 17.1. The number of para-hydroxylation sites is 2. The summed E-state index contributed by atoms with van der Waals surface area (Å²) < 4.78 is 2.37. The molecule has 0 saturated carbocycles. The van der Waals surface area contributed by atoms with Crippen LogP contribution in [0.1, 0.15) is 12.2 Å². The quantitative estimate of drug-likeness (QED) is 0.701. The van der Waals surface area contributed by atoms with Crippen LogP contribution in [0.25, 0.3) is 11.0 Å². The van der Waals surface area contributed by atoms with E-state index in [2.05, 4.69) is 39.1 Å². The molecule has 1 aliphatic heterocycles. The first-order valence-corrected chi connectivity index (χ1v) is 5.60. The van der Waals surface area contributed by atoms with Crippen molar-refractivity contribution in [3.63, 3.8) is 0 Å². The first-order chi connectivity index (χ1) is 7.45. The van der Waals surface area contributed by atoms with E-state index in [0.717, 1.165) is 31.6 Å². The number of hydrogen-bond donors (Lipinski definition) is 1. The fourth-order valence-corrected chi connectivity index (χ4v) is 2.25. The second kappa shape index (κ2) is 3.66. The minimum atomic E-state index is 1.04. The third-order valence-corrected chi connectivity index (χ3v) is 2.99. The number of fused-ring (bicyclic) bond motifs is 3. The molecule has 2 heterocycles. The van der Waals surface area contributed by atoms with Gasteiger partial charge in [-0.3, -0.25) is 0 Å². The lowest BCUT2D eigenvalue weighted by Gasteiger charge is -2.13. The Morgan fingerprint density at radius 2 is 2.13 bits per heavy atom. The Balaban J connectivity index is 2.15. The largest absolute Gasteiger partial charge is 0.328 e. The summed E-state index contributed by atoms with van der Waals surface area (Å²) in [5, 5.41) is 3.42. The van der Waals surface area contributed by atoms with E-state index in [1.807, 2.05) is 0 Å². The Bertz CT molecular complexity index is 473. The summed E-state index contributed by atoms with van der Waals surface area (Å²) >= 11 is 0. The number of nitrogens with zero attached hydrogens (tertiary/aromatic N) is 2. The molecular formula is C12H15N3. The van der Waals surface area contributed by atoms with E-state index in [1.54, 1.807) is 0 Å². The predicted octanol–water partition coefficient (Wildman–Crippen LogP) is 1.57. The predicted molar refractivity (Wildman–Crippen MR) is 60.9 cm³/mol. The molecule has 0 atom stereocenters. The van der Waals surface area contributed by atoms with Gasteiger partial charge in [0.25, 0.3) is 0 Å². The highest BCUT2D eigenvalue weighted by atomic mass is 15.1. The maximum absolute atomic E-state index is 4.68. The van der Waals surface area contributed by atoms with Gasteiger partial charge >= 0.3 is 0 Å². The van der Waals surface area contributed by atoms with Crippen LogP contribution in [0.15, 0.2) is 24.3 Å². The summed E-state index contributed by atoms with van der Waals surface area (Å²) in [4.78, 5) is 4.68. The van der Waals surface area contributed by atoms with Crippen LogP contribution >= 0.6 is 0 Å². The Kier molecular flexibility index (Phi) is 2.18. The number of imidazole rings is 1. The fourth-order valence-electron chi connectivity index (χ4n) is 2.25. The van der Waals surface area contributed by atoms with Gasteiger partial charge in [-0.15, -0.1) is 0 Å². The van der Waals surface area contributed by atoms with Crippen LogP contribution in [-0.4, -0.2) is 22.6 Å². The van der Waals surface area contributed by atoms with Crippen LogP contribution in [-0.2, 0) is 13.0 Å². The number of benzene rings is 1. The molecule has 0 bridgehead atoms. The third-order valence-electron chi connectivity index (χ3n) is 2.99. The van der Waals surface area contributed by atoms with Crippen molar-refractivity contribution in [1.82, 2.24) is 14.9 Å². The molecule has 0 fully saturated rings. The number of aromatic nitrogens is 2. The molecule has 1 aromatic heterocycles. The van der Waals surface area contributed by atoms with Gasteiger partial charge in [0.1, 0.15) is 5.82 Å². The van der Waals surface area contributed by atoms with Crippen LogP contribution in [0.2, 0.25) is 0 Å². The third kappa shape index (κ3) is 1.53. The van der Waals surface area contributed by atoms with Crippen molar-refractivity contribution in [3.05, 3.63) is 30.1 Å². The molecule has 2 aromatic rings. The Morgan fingerprint density at radius 3 is 3.13 bits per heavy atom. The molecule has 0 saturated heterocycles. The Hall–Kier alpha value is -1.35. The molecule has 0 unspecified atom stereocenters. The van der Waals surface area contributed by atoms with Gasteiger partial charge in [-0.25, -0.2) is 4.98 Å². The van der Waals surface area contributed by atoms with E-state index in [9.17, 15) is 0 Å². The molecular weight excluding hydrogens is 186 g/mol. The van der Waals surface area contributed by atoms with Crippen LogP contribution in [0.4, 0.5) is 0 Å². The van der Waals surface area contributed by atoms with E-state index in [-0.39, 0.29) is 0 Å². The van der Waals surface area contributed by atoms with Gasteiger partial charge in [-0.05, 0) is 25.1 Å². The second-order valence-corrected chi connectivity index (χ2v) is 4.02. The molecule has 78 valence electrons. The van der Waals surface area contributed by atoms with E-state index in [4.69, 9.17) is 0 Å². The van der Waals surface area contributed by atoms with Gasteiger partial charge in [0.05, 0.1) is 11.0 Å². The Morgan fingerprint density at radius 1 is 1.20 bits per heavy atom. The molecule has 1 aliphatic rings. The monoisotopic (exact) mass is 201 g/mol. The zero-order valence-corrected chi connectivity index (χ0v) is 8.74. The average molecular weight is 201 g/mol. The molecule has 3 rings (SSSR count). The Labute approximate surface area is 89.1 Å². The van der Waals surface area contributed by atoms with Gasteiger partial charge in [-0.1, -0.05) is 12.1 Å². The minimum absolute atomic E-state index is 1.04. The minimum Gasteiger partial charge on any atom is -0.328 e. The van der Waals surface area contributed by atoms with Gasteiger partial charge in [0.2, 0.25) is 0 Å². The molecule has 1 aromatic carbocycles. The number of nitrogens with one attached hydrogen (secondary N) is 1. The lowest BCUT2D eigenvalue weighted by Crippen LogP contribution is -2.24. The molecule has 0 aliphatic carbocycles. The molecule has 0 radical (unpaired) electrons. The summed E-state index contributed by atoms with van der Waals surface area (Å²) in [6, 6.07) is 8.41. The first kappa shape index (κ1) is 8.92. The van der Waals surface area contributed by atoms with Gasteiger partial charge < -0.3 is 9.88 Å². The lowest BCUT2D eigenvalue weighted by molar-refractivity contribution is 0.535. The summed E-state index contributed by atoms with van der Waals surface area (Å²) in [5.41, 5.74) is 2.42. The second-order valence-electron chi connectivity index (χ2n) is 4.02. The summed E-state index contributed by atoms with van der Waals surface area (Å²) in [7, 11) is 0. The molecule has 0 amide bonds. The van der Waals surface area contributed by atoms with Crippen molar-refractivity contribution in [2.45, 2.75) is 19.4 Å². The van der Waals surface area contributed by atoms with E-state index >= 15 is 0 Å². The zero-order valence-electron chi connectivity index (χ0n) is 8.74. The zero-order chi connectivity index (χ0) is 10.1. The van der Waals surface area contributed by atoms with Crippen molar-refractivity contribution in [2.75, 3.05) is 13.1 Å². The highest BCUT2D eigenvalue weighted by molar-refractivity contribution is 5.75.